The lowest BCUT2D eigenvalue weighted by atomic mass is 10.1. The summed E-state index contributed by atoms with van der Waals surface area (Å²) in [6.45, 7) is 1.74. The Kier molecular flexibility index (Phi) is 5.02. The van der Waals surface area contributed by atoms with Crippen LogP contribution in [0.15, 0.2) is 59.0 Å². The number of anilines is 1. The highest BCUT2D eigenvalue weighted by molar-refractivity contribution is 6.08. The number of hydrogen-bond donors (Lipinski definition) is 2. The smallest absolute Gasteiger partial charge is 0.263 e. The van der Waals surface area contributed by atoms with Gasteiger partial charge in [0, 0.05) is 5.69 Å². The van der Waals surface area contributed by atoms with Crippen molar-refractivity contribution in [2.24, 2.45) is 0 Å². The lowest BCUT2D eigenvalue weighted by Crippen LogP contribution is -2.14. The van der Waals surface area contributed by atoms with Gasteiger partial charge in [0.15, 0.2) is 5.58 Å². The number of methoxy groups -OCH3 is 2. The maximum atomic E-state index is 13.0. The average molecular weight is 404 g/mol. The molecule has 30 heavy (non-hydrogen) atoms. The van der Waals surface area contributed by atoms with Gasteiger partial charge >= 0.3 is 0 Å². The number of para-hydroxylation sites is 2. The molecule has 0 radical (unpaired) electrons. The van der Waals surface area contributed by atoms with Gasteiger partial charge in [-0.05, 0) is 48.9 Å². The van der Waals surface area contributed by atoms with Crippen LogP contribution in [0, 0.1) is 6.92 Å². The van der Waals surface area contributed by atoms with Gasteiger partial charge < -0.3 is 24.3 Å². The summed E-state index contributed by atoms with van der Waals surface area (Å²) in [5, 5.41) is 13.4. The SMILES string of the molecule is COc1cccc(OC)c1C(=O)Nc1cc(C)c(O)c(-c2nc3ccccc3o2)c1. The number of oxazole rings is 1. The summed E-state index contributed by atoms with van der Waals surface area (Å²) >= 11 is 0. The van der Waals surface area contributed by atoms with Crippen molar-refractivity contribution in [3.05, 3.63) is 65.7 Å². The van der Waals surface area contributed by atoms with E-state index in [4.69, 9.17) is 13.9 Å². The predicted molar refractivity (Wildman–Crippen MR) is 113 cm³/mol. The van der Waals surface area contributed by atoms with Gasteiger partial charge in [0.1, 0.15) is 28.3 Å². The molecular weight excluding hydrogens is 384 g/mol. The van der Waals surface area contributed by atoms with Crippen LogP contribution in [-0.4, -0.2) is 30.2 Å². The zero-order valence-electron chi connectivity index (χ0n) is 16.7. The van der Waals surface area contributed by atoms with Gasteiger partial charge in [-0.1, -0.05) is 18.2 Å². The maximum absolute atomic E-state index is 13.0. The molecule has 2 N–H and O–H groups in total. The number of carbonyl (C=O) groups excluding carboxylic acids is 1. The van der Waals surface area contributed by atoms with Crippen LogP contribution >= 0.6 is 0 Å². The first-order chi connectivity index (χ1) is 14.5. The Morgan fingerprint density at radius 1 is 1.03 bits per heavy atom. The quantitative estimate of drug-likeness (QED) is 0.465. The number of carbonyl (C=O) groups is 1. The lowest BCUT2D eigenvalue weighted by Gasteiger charge is -2.14. The van der Waals surface area contributed by atoms with Gasteiger partial charge in [-0.3, -0.25) is 4.79 Å². The molecule has 0 unspecified atom stereocenters. The standard InChI is InChI=1S/C23H20N2O5/c1-13-11-14(24-22(27)20-18(28-2)9-6-10-19(20)29-3)12-15(21(13)26)23-25-16-7-4-5-8-17(16)30-23/h4-12,26H,1-3H3,(H,24,27). The van der Waals surface area contributed by atoms with E-state index in [9.17, 15) is 9.90 Å². The third-order valence-electron chi connectivity index (χ3n) is 4.74. The highest BCUT2D eigenvalue weighted by Gasteiger charge is 2.20. The summed E-state index contributed by atoms with van der Waals surface area (Å²) in [6, 6.07) is 15.7. The van der Waals surface area contributed by atoms with E-state index < -0.39 is 5.91 Å². The van der Waals surface area contributed by atoms with Crippen LogP contribution in [0.3, 0.4) is 0 Å². The zero-order valence-corrected chi connectivity index (χ0v) is 16.7. The van der Waals surface area contributed by atoms with Crippen molar-refractivity contribution >= 4 is 22.7 Å². The van der Waals surface area contributed by atoms with E-state index in [0.717, 1.165) is 0 Å². The highest BCUT2D eigenvalue weighted by Crippen LogP contribution is 2.37. The van der Waals surface area contributed by atoms with Gasteiger partial charge in [-0.2, -0.15) is 0 Å². The number of nitrogens with one attached hydrogen (secondary N) is 1. The molecule has 0 aliphatic heterocycles. The van der Waals surface area contributed by atoms with Gasteiger partial charge in [-0.25, -0.2) is 4.98 Å². The number of fused-ring (bicyclic) bond motifs is 1. The maximum Gasteiger partial charge on any atom is 0.263 e. The lowest BCUT2D eigenvalue weighted by molar-refractivity contribution is 0.102. The van der Waals surface area contributed by atoms with Crippen LogP contribution in [0.4, 0.5) is 5.69 Å². The molecule has 0 spiro atoms. The second-order valence-electron chi connectivity index (χ2n) is 6.67. The number of phenolic OH excluding ortho intramolecular Hbond substituents is 1. The average Bonchev–Trinajstić information content (AvgIpc) is 3.19. The Hall–Kier alpha value is -4.00. The largest absolute Gasteiger partial charge is 0.507 e. The summed E-state index contributed by atoms with van der Waals surface area (Å²) in [7, 11) is 2.98. The van der Waals surface area contributed by atoms with E-state index in [-0.39, 0.29) is 17.2 Å². The summed E-state index contributed by atoms with van der Waals surface area (Å²) in [5.41, 5.74) is 2.98. The number of benzene rings is 3. The molecule has 7 heteroatoms. The highest BCUT2D eigenvalue weighted by atomic mass is 16.5. The molecule has 4 aromatic rings. The molecule has 4 rings (SSSR count). The third kappa shape index (κ3) is 3.41. The van der Waals surface area contributed by atoms with E-state index >= 15 is 0 Å². The van der Waals surface area contributed by atoms with Crippen molar-refractivity contribution in [2.75, 3.05) is 19.5 Å². The number of aromatic nitrogens is 1. The number of aryl methyl sites for hydroxylation is 1. The van der Waals surface area contributed by atoms with Gasteiger partial charge in [0.2, 0.25) is 5.89 Å². The van der Waals surface area contributed by atoms with Crippen molar-refractivity contribution in [1.29, 1.82) is 0 Å². The van der Waals surface area contributed by atoms with Crippen molar-refractivity contribution in [3.63, 3.8) is 0 Å². The number of hydrogen-bond acceptors (Lipinski definition) is 6. The minimum absolute atomic E-state index is 0.0365. The molecule has 3 aromatic carbocycles. The molecule has 0 bridgehead atoms. The Balaban J connectivity index is 1.74. The van der Waals surface area contributed by atoms with Crippen molar-refractivity contribution < 1.29 is 23.8 Å². The second kappa shape index (κ2) is 7.79. The number of phenols is 1. The summed E-state index contributed by atoms with van der Waals surface area (Å²) in [6.07, 6.45) is 0. The minimum Gasteiger partial charge on any atom is -0.507 e. The van der Waals surface area contributed by atoms with Crippen LogP contribution in [0.2, 0.25) is 0 Å². The van der Waals surface area contributed by atoms with Gasteiger partial charge in [-0.15, -0.1) is 0 Å². The molecule has 0 aliphatic rings. The summed E-state index contributed by atoms with van der Waals surface area (Å²) in [5.74, 6) is 0.679. The molecule has 1 heterocycles. The van der Waals surface area contributed by atoms with Crippen LogP contribution < -0.4 is 14.8 Å². The third-order valence-corrected chi connectivity index (χ3v) is 4.74. The Bertz CT molecular complexity index is 1190. The number of amides is 1. The predicted octanol–water partition coefficient (Wildman–Crippen LogP) is 4.78. The minimum atomic E-state index is -0.405. The molecular formula is C23H20N2O5. The Labute approximate surface area is 172 Å². The fourth-order valence-electron chi connectivity index (χ4n) is 3.27. The molecule has 0 aliphatic carbocycles. The molecule has 1 amide bonds. The van der Waals surface area contributed by atoms with Crippen LogP contribution in [0.5, 0.6) is 17.2 Å². The first kappa shape index (κ1) is 19.3. The molecule has 7 nitrogen and oxygen atoms in total. The van der Waals surface area contributed by atoms with Crippen molar-refractivity contribution in [2.45, 2.75) is 6.92 Å². The van der Waals surface area contributed by atoms with Gasteiger partial charge in [0.25, 0.3) is 5.91 Å². The monoisotopic (exact) mass is 404 g/mol. The zero-order chi connectivity index (χ0) is 21.3. The van der Waals surface area contributed by atoms with E-state index in [1.54, 1.807) is 43.3 Å². The Morgan fingerprint density at radius 2 is 1.73 bits per heavy atom. The molecule has 1 aromatic heterocycles. The number of ether oxygens (including phenoxy) is 2. The molecule has 0 atom stereocenters. The fraction of sp³-hybridized carbons (Fsp3) is 0.130. The van der Waals surface area contributed by atoms with Crippen molar-refractivity contribution in [1.82, 2.24) is 4.98 Å². The van der Waals surface area contributed by atoms with E-state index in [1.807, 2.05) is 18.2 Å². The van der Waals surface area contributed by atoms with Crippen LogP contribution in [0.1, 0.15) is 15.9 Å². The normalized spacial score (nSPS) is 10.8. The number of rotatable bonds is 5. The van der Waals surface area contributed by atoms with E-state index in [1.165, 1.54) is 14.2 Å². The molecule has 0 saturated carbocycles. The van der Waals surface area contributed by atoms with Crippen LogP contribution in [-0.2, 0) is 0 Å². The van der Waals surface area contributed by atoms with Crippen molar-refractivity contribution in [3.8, 4) is 28.7 Å². The molecule has 0 fully saturated rings. The fourth-order valence-corrected chi connectivity index (χ4v) is 3.27. The van der Waals surface area contributed by atoms with E-state index in [0.29, 0.717) is 39.4 Å². The molecule has 152 valence electrons. The van der Waals surface area contributed by atoms with Gasteiger partial charge in [0.05, 0.1) is 19.8 Å². The van der Waals surface area contributed by atoms with Crippen LogP contribution in [0.25, 0.3) is 22.6 Å². The second-order valence-corrected chi connectivity index (χ2v) is 6.67. The van der Waals surface area contributed by atoms with E-state index in [2.05, 4.69) is 10.3 Å². The first-order valence-electron chi connectivity index (χ1n) is 9.23. The number of nitrogens with zero attached hydrogens (tertiary/aromatic N) is 1. The summed E-state index contributed by atoms with van der Waals surface area (Å²) in [4.78, 5) is 17.4. The Morgan fingerprint density at radius 3 is 2.40 bits per heavy atom. The number of aromatic hydroxyl groups is 1. The summed E-state index contributed by atoms with van der Waals surface area (Å²) < 4.78 is 16.4. The molecule has 0 saturated heterocycles. The first-order valence-corrected chi connectivity index (χ1v) is 9.23. The topological polar surface area (TPSA) is 93.8 Å².